The van der Waals surface area contributed by atoms with E-state index < -0.39 is 5.91 Å². The van der Waals surface area contributed by atoms with Crippen molar-refractivity contribution >= 4 is 5.91 Å². The molecule has 1 amide bonds. The van der Waals surface area contributed by atoms with Crippen LogP contribution in [-0.4, -0.2) is 22.3 Å². The van der Waals surface area contributed by atoms with Crippen molar-refractivity contribution in [1.82, 2.24) is 9.78 Å². The van der Waals surface area contributed by atoms with Gasteiger partial charge < -0.3 is 10.5 Å². The molecule has 0 aliphatic heterocycles. The van der Waals surface area contributed by atoms with Crippen molar-refractivity contribution in [2.45, 2.75) is 6.92 Å². The van der Waals surface area contributed by atoms with E-state index in [1.807, 2.05) is 37.3 Å². The van der Waals surface area contributed by atoms with Crippen LogP contribution in [0.5, 0.6) is 5.75 Å². The minimum atomic E-state index is -0.594. The molecule has 0 radical (unpaired) electrons. The van der Waals surface area contributed by atoms with E-state index in [1.165, 1.54) is 0 Å². The highest BCUT2D eigenvalue weighted by Gasteiger charge is 2.15. The van der Waals surface area contributed by atoms with Crippen molar-refractivity contribution in [2.24, 2.45) is 5.73 Å². The molecule has 2 aromatic rings. The Morgan fingerprint density at radius 1 is 1.41 bits per heavy atom. The molecular weight excluding hydrogens is 218 g/mol. The van der Waals surface area contributed by atoms with E-state index in [1.54, 1.807) is 10.9 Å². The highest BCUT2D eigenvalue weighted by atomic mass is 16.5. The van der Waals surface area contributed by atoms with Gasteiger partial charge in [-0.05, 0) is 19.1 Å². The van der Waals surface area contributed by atoms with Crippen LogP contribution in [0, 0.1) is 0 Å². The van der Waals surface area contributed by atoms with Crippen molar-refractivity contribution in [3.05, 3.63) is 42.2 Å². The lowest BCUT2D eigenvalue weighted by Crippen LogP contribution is -2.13. The van der Waals surface area contributed by atoms with Crippen LogP contribution >= 0.6 is 0 Å². The Hall–Kier alpha value is -2.30. The zero-order valence-electron chi connectivity index (χ0n) is 9.46. The normalized spacial score (nSPS) is 10.2. The van der Waals surface area contributed by atoms with Gasteiger partial charge in [0.15, 0.2) is 11.4 Å². The third-order valence-corrected chi connectivity index (χ3v) is 2.23. The summed E-state index contributed by atoms with van der Waals surface area (Å²) in [4.78, 5) is 11.2. The number of aromatic nitrogens is 2. The summed E-state index contributed by atoms with van der Waals surface area (Å²) in [5.41, 5.74) is 6.24. The molecule has 88 valence electrons. The fourth-order valence-electron chi connectivity index (χ4n) is 1.50. The largest absolute Gasteiger partial charge is 0.490 e. The molecule has 0 spiro atoms. The monoisotopic (exact) mass is 231 g/mol. The summed E-state index contributed by atoms with van der Waals surface area (Å²) in [6.07, 6.45) is 1.65. The SMILES string of the molecule is CCOc1cn(-c2ccccc2)nc1C(N)=O. The lowest BCUT2D eigenvalue weighted by Gasteiger charge is -1.99. The summed E-state index contributed by atoms with van der Waals surface area (Å²) in [7, 11) is 0. The van der Waals surface area contributed by atoms with Gasteiger partial charge in [0.1, 0.15) is 0 Å². The van der Waals surface area contributed by atoms with Gasteiger partial charge in [-0.3, -0.25) is 4.79 Å². The Kier molecular flexibility index (Phi) is 3.09. The molecular formula is C12H13N3O2. The number of amides is 1. The molecule has 2 N–H and O–H groups in total. The van der Waals surface area contributed by atoms with E-state index in [4.69, 9.17) is 10.5 Å². The molecule has 1 aromatic carbocycles. The molecule has 0 saturated heterocycles. The number of carbonyl (C=O) groups is 1. The van der Waals surface area contributed by atoms with Gasteiger partial charge in [-0.1, -0.05) is 18.2 Å². The molecule has 17 heavy (non-hydrogen) atoms. The number of primary amides is 1. The van der Waals surface area contributed by atoms with Crippen LogP contribution in [0.4, 0.5) is 0 Å². The number of benzene rings is 1. The second kappa shape index (κ2) is 4.69. The van der Waals surface area contributed by atoms with Gasteiger partial charge in [-0.2, -0.15) is 5.10 Å². The number of carbonyl (C=O) groups excluding carboxylic acids is 1. The Bertz CT molecular complexity index is 520. The smallest absolute Gasteiger partial charge is 0.273 e. The van der Waals surface area contributed by atoms with Gasteiger partial charge in [0.05, 0.1) is 18.5 Å². The molecule has 2 rings (SSSR count). The molecule has 5 heteroatoms. The van der Waals surface area contributed by atoms with Crippen LogP contribution in [0.25, 0.3) is 5.69 Å². The minimum Gasteiger partial charge on any atom is -0.490 e. The number of hydrogen-bond acceptors (Lipinski definition) is 3. The lowest BCUT2D eigenvalue weighted by atomic mass is 10.3. The molecule has 5 nitrogen and oxygen atoms in total. The van der Waals surface area contributed by atoms with Crippen molar-refractivity contribution in [3.63, 3.8) is 0 Å². The predicted octanol–water partition coefficient (Wildman–Crippen LogP) is 1.37. The molecule has 0 bridgehead atoms. The lowest BCUT2D eigenvalue weighted by molar-refractivity contribution is 0.0991. The fraction of sp³-hybridized carbons (Fsp3) is 0.167. The second-order valence-electron chi connectivity index (χ2n) is 3.42. The summed E-state index contributed by atoms with van der Waals surface area (Å²) >= 11 is 0. The molecule has 0 fully saturated rings. The van der Waals surface area contributed by atoms with E-state index in [-0.39, 0.29) is 5.69 Å². The molecule has 0 aliphatic rings. The topological polar surface area (TPSA) is 70.1 Å². The van der Waals surface area contributed by atoms with Crippen LogP contribution in [0.2, 0.25) is 0 Å². The zero-order valence-corrected chi connectivity index (χ0v) is 9.46. The van der Waals surface area contributed by atoms with Gasteiger partial charge in [-0.15, -0.1) is 0 Å². The number of nitrogens with zero attached hydrogens (tertiary/aromatic N) is 2. The summed E-state index contributed by atoms with van der Waals surface area (Å²) in [6.45, 7) is 2.30. The zero-order chi connectivity index (χ0) is 12.3. The molecule has 0 aliphatic carbocycles. The highest BCUT2D eigenvalue weighted by molar-refractivity contribution is 5.93. The Balaban J connectivity index is 2.44. The average molecular weight is 231 g/mol. The number of rotatable bonds is 4. The van der Waals surface area contributed by atoms with E-state index >= 15 is 0 Å². The first-order chi connectivity index (χ1) is 8.22. The van der Waals surface area contributed by atoms with Gasteiger partial charge in [-0.25, -0.2) is 4.68 Å². The summed E-state index contributed by atoms with van der Waals surface area (Å²) in [5, 5.41) is 4.12. The van der Waals surface area contributed by atoms with Crippen molar-refractivity contribution in [3.8, 4) is 11.4 Å². The Morgan fingerprint density at radius 2 is 2.12 bits per heavy atom. The number of ether oxygens (including phenoxy) is 1. The van der Waals surface area contributed by atoms with Gasteiger partial charge in [0.25, 0.3) is 5.91 Å². The Labute approximate surface area is 98.8 Å². The number of para-hydroxylation sites is 1. The van der Waals surface area contributed by atoms with E-state index in [0.717, 1.165) is 5.69 Å². The molecule has 0 atom stereocenters. The maximum atomic E-state index is 11.2. The first-order valence-corrected chi connectivity index (χ1v) is 5.30. The summed E-state index contributed by atoms with van der Waals surface area (Å²) in [6, 6.07) is 9.45. The number of nitrogens with two attached hydrogens (primary N) is 1. The third-order valence-electron chi connectivity index (χ3n) is 2.23. The number of hydrogen-bond donors (Lipinski definition) is 1. The summed E-state index contributed by atoms with van der Waals surface area (Å²) < 4.78 is 6.89. The van der Waals surface area contributed by atoms with Crippen LogP contribution in [0.1, 0.15) is 17.4 Å². The van der Waals surface area contributed by atoms with Gasteiger partial charge in [0, 0.05) is 0 Å². The van der Waals surface area contributed by atoms with Crippen molar-refractivity contribution < 1.29 is 9.53 Å². The molecule has 0 saturated carbocycles. The fourth-order valence-corrected chi connectivity index (χ4v) is 1.50. The van der Waals surface area contributed by atoms with E-state index in [9.17, 15) is 4.79 Å². The van der Waals surface area contributed by atoms with Gasteiger partial charge >= 0.3 is 0 Å². The summed E-state index contributed by atoms with van der Waals surface area (Å²) in [5.74, 6) is -0.188. The van der Waals surface area contributed by atoms with E-state index in [2.05, 4.69) is 5.10 Å². The molecule has 1 aromatic heterocycles. The highest BCUT2D eigenvalue weighted by Crippen LogP contribution is 2.19. The quantitative estimate of drug-likeness (QED) is 0.863. The first kappa shape index (κ1) is 11.2. The van der Waals surface area contributed by atoms with Crippen molar-refractivity contribution in [2.75, 3.05) is 6.61 Å². The molecule has 0 unspecified atom stereocenters. The third kappa shape index (κ3) is 2.28. The standard InChI is InChI=1S/C12H13N3O2/c1-2-17-10-8-15(14-11(10)12(13)16)9-6-4-3-5-7-9/h3-8H,2H2,1H3,(H2,13,16). The maximum Gasteiger partial charge on any atom is 0.273 e. The second-order valence-corrected chi connectivity index (χ2v) is 3.42. The minimum absolute atomic E-state index is 0.149. The van der Waals surface area contributed by atoms with Crippen LogP contribution in [0.15, 0.2) is 36.5 Å². The Morgan fingerprint density at radius 3 is 2.71 bits per heavy atom. The van der Waals surface area contributed by atoms with Crippen LogP contribution in [-0.2, 0) is 0 Å². The predicted molar refractivity (Wildman–Crippen MR) is 63.3 cm³/mol. The van der Waals surface area contributed by atoms with Crippen LogP contribution in [0.3, 0.4) is 0 Å². The average Bonchev–Trinajstić information content (AvgIpc) is 2.75. The van der Waals surface area contributed by atoms with E-state index in [0.29, 0.717) is 12.4 Å². The van der Waals surface area contributed by atoms with Gasteiger partial charge in [0.2, 0.25) is 0 Å². The van der Waals surface area contributed by atoms with Crippen LogP contribution < -0.4 is 10.5 Å². The van der Waals surface area contributed by atoms with Crippen molar-refractivity contribution in [1.29, 1.82) is 0 Å². The molecule has 1 heterocycles. The maximum absolute atomic E-state index is 11.2. The first-order valence-electron chi connectivity index (χ1n) is 5.30.